The fourth-order valence-corrected chi connectivity index (χ4v) is 3.82. The van der Waals surface area contributed by atoms with Crippen molar-refractivity contribution >= 4 is 16.7 Å². The smallest absolute Gasteiger partial charge is 0.361 e. The predicted molar refractivity (Wildman–Crippen MR) is 104 cm³/mol. The van der Waals surface area contributed by atoms with Crippen LogP contribution in [0.1, 0.15) is 17.5 Å². The highest BCUT2D eigenvalue weighted by atomic mass is 19.4. The molecule has 8 heteroatoms. The summed E-state index contributed by atoms with van der Waals surface area (Å²) in [5.74, 6) is 0.137. The molecule has 3 aromatic rings. The van der Waals surface area contributed by atoms with Gasteiger partial charge in [-0.1, -0.05) is 0 Å². The van der Waals surface area contributed by atoms with Gasteiger partial charge in [0.2, 0.25) is 0 Å². The molecule has 1 fully saturated rings. The molecule has 1 saturated heterocycles. The molecule has 29 heavy (non-hydrogen) atoms. The Labute approximate surface area is 166 Å². The Kier molecular flexibility index (Phi) is 5.45. The highest BCUT2D eigenvalue weighted by molar-refractivity contribution is 5.83. The number of aryl methyl sites for hydroxylation is 1. The van der Waals surface area contributed by atoms with E-state index in [0.29, 0.717) is 18.9 Å². The Morgan fingerprint density at radius 3 is 2.59 bits per heavy atom. The lowest BCUT2D eigenvalue weighted by atomic mass is 10.1. The van der Waals surface area contributed by atoms with Gasteiger partial charge in [0.15, 0.2) is 0 Å². The topological polar surface area (TPSA) is 35.2 Å². The maximum atomic E-state index is 13.5. The summed E-state index contributed by atoms with van der Waals surface area (Å²) in [5.41, 5.74) is 1.37. The quantitative estimate of drug-likeness (QED) is 0.635. The monoisotopic (exact) mass is 406 g/mol. The number of benzene rings is 1. The van der Waals surface area contributed by atoms with Crippen LogP contribution >= 0.6 is 0 Å². The molecule has 154 valence electrons. The number of aromatic nitrogens is 2. The Balaban J connectivity index is 1.29. The van der Waals surface area contributed by atoms with Crippen molar-refractivity contribution in [2.45, 2.75) is 19.0 Å². The summed E-state index contributed by atoms with van der Waals surface area (Å²) in [5, 5.41) is 0.922. The van der Waals surface area contributed by atoms with E-state index in [-0.39, 0.29) is 5.82 Å². The molecule has 2 aromatic heterocycles. The third kappa shape index (κ3) is 4.53. The van der Waals surface area contributed by atoms with Crippen LogP contribution in [0.25, 0.3) is 10.9 Å². The molecule has 3 heterocycles. The van der Waals surface area contributed by atoms with Crippen molar-refractivity contribution in [1.82, 2.24) is 14.9 Å². The average Bonchev–Trinajstić information content (AvgIpc) is 3.10. The Morgan fingerprint density at radius 1 is 1.03 bits per heavy atom. The molecule has 0 bridgehead atoms. The molecule has 0 aliphatic carbocycles. The van der Waals surface area contributed by atoms with E-state index in [1.165, 1.54) is 12.3 Å². The van der Waals surface area contributed by atoms with Crippen LogP contribution in [-0.2, 0) is 12.6 Å². The average molecular weight is 406 g/mol. The van der Waals surface area contributed by atoms with Crippen molar-refractivity contribution in [3.05, 3.63) is 59.7 Å². The number of fused-ring (bicyclic) bond motifs is 1. The van der Waals surface area contributed by atoms with Crippen LogP contribution in [0.4, 0.5) is 23.4 Å². The number of H-pyrrole nitrogens is 1. The minimum Gasteiger partial charge on any atom is -0.361 e. The van der Waals surface area contributed by atoms with Gasteiger partial charge in [-0.15, -0.1) is 0 Å². The summed E-state index contributed by atoms with van der Waals surface area (Å²) in [6, 6.07) is 6.86. The highest BCUT2D eigenvalue weighted by Crippen LogP contribution is 2.31. The van der Waals surface area contributed by atoms with Gasteiger partial charge >= 0.3 is 6.18 Å². The summed E-state index contributed by atoms with van der Waals surface area (Å²) >= 11 is 0. The van der Waals surface area contributed by atoms with E-state index in [4.69, 9.17) is 0 Å². The Morgan fingerprint density at radius 2 is 1.83 bits per heavy atom. The minimum absolute atomic E-state index is 0.238. The zero-order valence-electron chi connectivity index (χ0n) is 15.8. The van der Waals surface area contributed by atoms with Crippen LogP contribution in [0.2, 0.25) is 0 Å². The van der Waals surface area contributed by atoms with Crippen LogP contribution < -0.4 is 4.90 Å². The van der Waals surface area contributed by atoms with Crippen molar-refractivity contribution in [3.63, 3.8) is 0 Å². The van der Waals surface area contributed by atoms with Gasteiger partial charge in [0.25, 0.3) is 0 Å². The molecule has 0 atom stereocenters. The second-order valence-corrected chi connectivity index (χ2v) is 7.34. The fourth-order valence-electron chi connectivity index (χ4n) is 3.82. The molecule has 1 N–H and O–H groups in total. The predicted octanol–water partition coefficient (Wildman–Crippen LogP) is 4.48. The first-order valence-corrected chi connectivity index (χ1v) is 9.66. The maximum absolute atomic E-state index is 13.5. The first-order chi connectivity index (χ1) is 13.9. The van der Waals surface area contributed by atoms with Gasteiger partial charge in [0.05, 0.1) is 5.56 Å². The van der Waals surface area contributed by atoms with Gasteiger partial charge in [-0.2, -0.15) is 13.2 Å². The number of rotatable bonds is 5. The Hall–Kier alpha value is -2.61. The molecule has 0 radical (unpaired) electrons. The number of alkyl halides is 3. The number of piperazine rings is 1. The van der Waals surface area contributed by atoms with Crippen molar-refractivity contribution in [3.8, 4) is 0 Å². The summed E-state index contributed by atoms with van der Waals surface area (Å²) in [6.07, 6.45) is 0.574. The SMILES string of the molecule is Fc1ccc2[nH]cc(CCCN3CCN(c4cc(C(F)(F)F)ccn4)CC3)c2c1. The molecule has 0 amide bonds. The molecule has 1 aromatic carbocycles. The van der Waals surface area contributed by atoms with Gasteiger partial charge in [-0.25, -0.2) is 9.37 Å². The molecule has 0 saturated carbocycles. The lowest BCUT2D eigenvalue weighted by molar-refractivity contribution is -0.137. The number of hydrogen-bond donors (Lipinski definition) is 1. The van der Waals surface area contributed by atoms with Gasteiger partial charge in [-0.05, 0) is 55.3 Å². The fraction of sp³-hybridized carbons (Fsp3) is 0.381. The van der Waals surface area contributed by atoms with Crippen LogP contribution in [0.5, 0.6) is 0 Å². The van der Waals surface area contributed by atoms with E-state index in [1.54, 1.807) is 12.1 Å². The van der Waals surface area contributed by atoms with E-state index >= 15 is 0 Å². The van der Waals surface area contributed by atoms with Crippen LogP contribution in [0.15, 0.2) is 42.7 Å². The number of pyridine rings is 1. The van der Waals surface area contributed by atoms with Crippen molar-refractivity contribution in [1.29, 1.82) is 0 Å². The van der Waals surface area contributed by atoms with Crippen LogP contribution in [-0.4, -0.2) is 47.6 Å². The molecule has 0 spiro atoms. The first-order valence-electron chi connectivity index (χ1n) is 9.66. The largest absolute Gasteiger partial charge is 0.416 e. The molecular weight excluding hydrogens is 384 g/mol. The van der Waals surface area contributed by atoms with E-state index < -0.39 is 11.7 Å². The van der Waals surface area contributed by atoms with Gasteiger partial charge < -0.3 is 9.88 Å². The van der Waals surface area contributed by atoms with Crippen molar-refractivity contribution in [2.24, 2.45) is 0 Å². The summed E-state index contributed by atoms with van der Waals surface area (Å²) in [6.45, 7) is 3.74. The number of halogens is 4. The summed E-state index contributed by atoms with van der Waals surface area (Å²) < 4.78 is 52.2. The maximum Gasteiger partial charge on any atom is 0.416 e. The molecule has 0 unspecified atom stereocenters. The van der Waals surface area contributed by atoms with E-state index in [2.05, 4.69) is 14.9 Å². The zero-order chi connectivity index (χ0) is 20.4. The highest BCUT2D eigenvalue weighted by Gasteiger charge is 2.31. The lowest BCUT2D eigenvalue weighted by Gasteiger charge is -2.35. The number of nitrogens with zero attached hydrogens (tertiary/aromatic N) is 3. The van der Waals surface area contributed by atoms with Gasteiger partial charge in [0, 0.05) is 49.5 Å². The molecule has 4 rings (SSSR count). The van der Waals surface area contributed by atoms with Crippen molar-refractivity contribution in [2.75, 3.05) is 37.6 Å². The third-order valence-corrected chi connectivity index (χ3v) is 5.42. The third-order valence-electron chi connectivity index (χ3n) is 5.42. The van der Waals surface area contributed by atoms with E-state index in [9.17, 15) is 17.6 Å². The van der Waals surface area contributed by atoms with Crippen LogP contribution in [0.3, 0.4) is 0 Å². The molecule has 4 nitrogen and oxygen atoms in total. The number of anilines is 1. The first kappa shape index (κ1) is 19.7. The van der Waals surface area contributed by atoms with Crippen LogP contribution in [0, 0.1) is 5.82 Å². The number of hydrogen-bond acceptors (Lipinski definition) is 3. The van der Waals surface area contributed by atoms with E-state index in [1.807, 2.05) is 11.1 Å². The second kappa shape index (κ2) is 8.02. The van der Waals surface area contributed by atoms with Gasteiger partial charge in [0.1, 0.15) is 11.6 Å². The van der Waals surface area contributed by atoms with E-state index in [0.717, 1.165) is 61.1 Å². The minimum atomic E-state index is -4.36. The number of nitrogens with one attached hydrogen (secondary N) is 1. The number of aromatic amines is 1. The second-order valence-electron chi connectivity index (χ2n) is 7.34. The van der Waals surface area contributed by atoms with Gasteiger partial charge in [-0.3, -0.25) is 4.90 Å². The molecule has 1 aliphatic heterocycles. The normalized spacial score (nSPS) is 15.9. The Bertz CT molecular complexity index is 974. The molecule has 1 aliphatic rings. The summed E-state index contributed by atoms with van der Waals surface area (Å²) in [7, 11) is 0. The molecular formula is C21H22F4N4. The standard InChI is InChI=1S/C21H22F4N4/c22-17-3-4-19-18(13-17)15(14-27-19)2-1-7-28-8-10-29(11-9-28)20-12-16(5-6-26-20)21(23,24)25/h3-6,12-14,27H,1-2,7-11H2. The lowest BCUT2D eigenvalue weighted by Crippen LogP contribution is -2.47. The van der Waals surface area contributed by atoms with Crippen molar-refractivity contribution < 1.29 is 17.6 Å². The zero-order valence-corrected chi connectivity index (χ0v) is 15.8. The summed E-state index contributed by atoms with van der Waals surface area (Å²) in [4.78, 5) is 11.5.